The van der Waals surface area contributed by atoms with Crippen molar-refractivity contribution in [2.24, 2.45) is 5.10 Å². The van der Waals surface area contributed by atoms with Crippen molar-refractivity contribution in [1.82, 2.24) is 10.3 Å². The van der Waals surface area contributed by atoms with Crippen molar-refractivity contribution in [1.29, 1.82) is 5.26 Å². The summed E-state index contributed by atoms with van der Waals surface area (Å²) in [6, 6.07) is 1.95. The monoisotopic (exact) mass is 338 g/mol. The Morgan fingerprint density at radius 2 is 2.32 bits per heavy atom. The van der Waals surface area contributed by atoms with Gasteiger partial charge in [-0.2, -0.15) is 15.4 Å². The summed E-state index contributed by atoms with van der Waals surface area (Å²) >= 11 is 12.2. The van der Waals surface area contributed by atoms with Gasteiger partial charge in [0.1, 0.15) is 5.84 Å². The van der Waals surface area contributed by atoms with E-state index in [1.165, 1.54) is 6.08 Å². The molecule has 0 fully saturated rings. The first-order valence-corrected chi connectivity index (χ1v) is 7.08. The van der Waals surface area contributed by atoms with Gasteiger partial charge in [-0.25, -0.2) is 0 Å². The van der Waals surface area contributed by atoms with Crippen molar-refractivity contribution in [2.45, 2.75) is 24.6 Å². The summed E-state index contributed by atoms with van der Waals surface area (Å²) in [5, 5.41) is 16.9. The van der Waals surface area contributed by atoms with E-state index in [9.17, 15) is 9.59 Å². The molecule has 22 heavy (non-hydrogen) atoms. The van der Waals surface area contributed by atoms with Crippen LogP contribution in [0, 0.1) is 11.3 Å². The van der Waals surface area contributed by atoms with Gasteiger partial charge in [0.25, 0.3) is 11.8 Å². The Kier molecular flexibility index (Phi) is 4.40. The topological polar surface area (TPSA) is 85.6 Å². The van der Waals surface area contributed by atoms with E-state index in [1.807, 2.05) is 6.07 Å². The number of hydrogen-bond acceptors (Lipinski definition) is 4. The average molecular weight is 339 g/mol. The maximum Gasteiger partial charge on any atom is 0.255 e. The van der Waals surface area contributed by atoms with E-state index in [1.54, 1.807) is 13.0 Å². The molecule has 1 N–H and O–H groups in total. The lowest BCUT2D eigenvalue weighted by atomic mass is 9.99. The Morgan fingerprint density at radius 3 is 2.91 bits per heavy atom. The van der Waals surface area contributed by atoms with Crippen LogP contribution in [0.15, 0.2) is 40.1 Å². The summed E-state index contributed by atoms with van der Waals surface area (Å²) in [5.41, 5.74) is 0.529. The van der Waals surface area contributed by atoms with Gasteiger partial charge in [0, 0.05) is 12.0 Å². The standard InChI is InChI=1S/C14H12Cl2N4O2/c1-8(2)13(22)18-11-5-12(21)20(19-11)10-6-14(16,7-17)4-3-9(10)15/h3,6H,1,4-5H2,2H3,(H,18,19,22). The Morgan fingerprint density at radius 1 is 1.64 bits per heavy atom. The van der Waals surface area contributed by atoms with Crippen LogP contribution in [0.5, 0.6) is 0 Å². The molecule has 0 aromatic carbocycles. The van der Waals surface area contributed by atoms with Crippen LogP contribution in [0.1, 0.15) is 19.8 Å². The minimum absolute atomic E-state index is 0.0810. The summed E-state index contributed by atoms with van der Waals surface area (Å²) in [6.45, 7) is 5.05. The molecule has 0 aromatic heterocycles. The quantitative estimate of drug-likeness (QED) is 0.618. The molecular formula is C14H12Cl2N4O2. The normalized spacial score (nSPS) is 24.2. The predicted molar refractivity (Wildman–Crippen MR) is 82.7 cm³/mol. The average Bonchev–Trinajstić information content (AvgIpc) is 2.82. The number of rotatable bonds is 2. The van der Waals surface area contributed by atoms with Gasteiger partial charge in [0.05, 0.1) is 23.2 Å². The Bertz CT molecular complexity index is 702. The molecule has 0 spiro atoms. The molecule has 2 rings (SSSR count). The second-order valence-corrected chi connectivity index (χ2v) is 6.01. The number of carbonyl (C=O) groups is 2. The number of nitrogens with zero attached hydrogens (tertiary/aromatic N) is 3. The number of amides is 2. The maximum absolute atomic E-state index is 12.1. The molecule has 1 heterocycles. The third kappa shape index (κ3) is 3.21. The summed E-state index contributed by atoms with van der Waals surface area (Å²) < 4.78 is 0. The van der Waals surface area contributed by atoms with Crippen LogP contribution in [-0.2, 0) is 9.59 Å². The molecule has 0 bridgehead atoms. The van der Waals surface area contributed by atoms with Gasteiger partial charge in [-0.1, -0.05) is 35.9 Å². The van der Waals surface area contributed by atoms with Crippen LogP contribution in [0.2, 0.25) is 0 Å². The van der Waals surface area contributed by atoms with Gasteiger partial charge in [0.15, 0.2) is 4.87 Å². The zero-order valence-electron chi connectivity index (χ0n) is 11.7. The van der Waals surface area contributed by atoms with Crippen molar-refractivity contribution in [2.75, 3.05) is 0 Å². The second-order valence-electron chi connectivity index (χ2n) is 4.92. The number of hydrazone groups is 1. The number of allylic oxidation sites excluding steroid dienone is 3. The van der Waals surface area contributed by atoms with Crippen molar-refractivity contribution >= 4 is 40.9 Å². The lowest BCUT2D eigenvalue weighted by Gasteiger charge is -2.24. The Labute approximate surface area is 137 Å². The smallest absolute Gasteiger partial charge is 0.255 e. The van der Waals surface area contributed by atoms with Crippen LogP contribution in [0.25, 0.3) is 0 Å². The molecule has 1 aliphatic heterocycles. The zero-order valence-corrected chi connectivity index (χ0v) is 13.2. The number of alkyl halides is 1. The highest BCUT2D eigenvalue weighted by atomic mass is 35.5. The van der Waals surface area contributed by atoms with Crippen molar-refractivity contribution in [3.63, 3.8) is 0 Å². The fourth-order valence-electron chi connectivity index (χ4n) is 1.85. The van der Waals surface area contributed by atoms with Crippen molar-refractivity contribution in [3.8, 4) is 6.07 Å². The summed E-state index contributed by atoms with van der Waals surface area (Å²) in [6.07, 6.45) is 3.10. The molecule has 0 saturated heterocycles. The molecule has 2 aliphatic rings. The highest BCUT2D eigenvalue weighted by Gasteiger charge is 2.35. The van der Waals surface area contributed by atoms with E-state index < -0.39 is 10.8 Å². The number of halogens is 2. The molecule has 0 radical (unpaired) electrons. The maximum atomic E-state index is 12.1. The molecule has 0 aromatic rings. The summed E-state index contributed by atoms with van der Waals surface area (Å²) in [4.78, 5) is 22.4. The summed E-state index contributed by atoms with van der Waals surface area (Å²) in [7, 11) is 0. The molecule has 8 heteroatoms. The van der Waals surface area contributed by atoms with E-state index >= 15 is 0 Å². The van der Waals surface area contributed by atoms with Gasteiger partial charge in [-0.3, -0.25) is 9.59 Å². The number of nitriles is 1. The van der Waals surface area contributed by atoms with Crippen LogP contribution in [0.4, 0.5) is 0 Å². The molecular weight excluding hydrogens is 327 g/mol. The fraction of sp³-hybridized carbons (Fsp3) is 0.286. The number of carbonyl (C=O) groups excluding carboxylic acids is 2. The van der Waals surface area contributed by atoms with Crippen molar-refractivity contribution < 1.29 is 9.59 Å². The van der Waals surface area contributed by atoms with Crippen LogP contribution < -0.4 is 5.32 Å². The third-order valence-electron chi connectivity index (χ3n) is 3.02. The first-order chi connectivity index (χ1) is 10.3. The van der Waals surface area contributed by atoms with Gasteiger partial charge in [0.2, 0.25) is 0 Å². The molecule has 6 nitrogen and oxygen atoms in total. The van der Waals surface area contributed by atoms with E-state index in [0.717, 1.165) is 5.01 Å². The van der Waals surface area contributed by atoms with Gasteiger partial charge < -0.3 is 5.32 Å². The number of hydrogen-bond donors (Lipinski definition) is 1. The van der Waals surface area contributed by atoms with Crippen LogP contribution in [-0.4, -0.2) is 27.5 Å². The molecule has 114 valence electrons. The highest BCUT2D eigenvalue weighted by molar-refractivity contribution is 6.33. The number of nitrogens with one attached hydrogen (secondary N) is 1. The van der Waals surface area contributed by atoms with E-state index in [0.29, 0.717) is 5.57 Å². The van der Waals surface area contributed by atoms with Crippen molar-refractivity contribution in [3.05, 3.63) is 35.0 Å². The first kappa shape index (κ1) is 16.3. The van der Waals surface area contributed by atoms with Gasteiger partial charge in [-0.05, 0) is 13.0 Å². The largest absolute Gasteiger partial charge is 0.308 e. The van der Waals surface area contributed by atoms with Crippen LogP contribution >= 0.6 is 23.2 Å². The van der Waals surface area contributed by atoms with E-state index in [4.69, 9.17) is 28.5 Å². The lowest BCUT2D eigenvalue weighted by Crippen LogP contribution is -2.29. The summed E-state index contributed by atoms with van der Waals surface area (Å²) in [5.74, 6) is -0.615. The molecule has 2 amide bonds. The lowest BCUT2D eigenvalue weighted by molar-refractivity contribution is -0.126. The Hall–Kier alpha value is -2.10. The molecule has 0 saturated carbocycles. The zero-order chi connectivity index (χ0) is 16.5. The second kappa shape index (κ2) is 5.95. The van der Waals surface area contributed by atoms with E-state index in [-0.39, 0.29) is 35.3 Å². The van der Waals surface area contributed by atoms with E-state index in [2.05, 4.69) is 17.0 Å². The SMILES string of the molecule is C=C(C)C(=O)NC1=NN(C2=CC(Cl)(C#N)CC=C2Cl)C(=O)C1. The molecule has 1 aliphatic carbocycles. The predicted octanol–water partition coefficient (Wildman–Crippen LogP) is 2.14. The minimum atomic E-state index is -1.27. The minimum Gasteiger partial charge on any atom is -0.308 e. The molecule has 1 unspecified atom stereocenters. The first-order valence-electron chi connectivity index (χ1n) is 6.32. The fourth-order valence-corrected chi connectivity index (χ4v) is 2.24. The number of amidine groups is 1. The Balaban J connectivity index is 2.28. The highest BCUT2D eigenvalue weighted by Crippen LogP contribution is 2.35. The van der Waals surface area contributed by atoms with Gasteiger partial charge in [-0.15, -0.1) is 0 Å². The molecule has 1 atom stereocenters. The third-order valence-corrected chi connectivity index (χ3v) is 3.72. The van der Waals surface area contributed by atoms with Gasteiger partial charge >= 0.3 is 0 Å². The van der Waals surface area contributed by atoms with Crippen LogP contribution in [0.3, 0.4) is 0 Å².